The molecule has 11 heavy (non-hydrogen) atoms. The first-order valence-electron chi connectivity index (χ1n) is 4.38. The highest BCUT2D eigenvalue weighted by Gasteiger charge is 2.38. The zero-order chi connectivity index (χ0) is 8.70. The maximum atomic E-state index is 6.06. The largest absolute Gasteiger partial charge is 0.327 e. The summed E-state index contributed by atoms with van der Waals surface area (Å²) in [6, 6.07) is 0.333. The molecule has 2 unspecified atom stereocenters. The molecule has 0 heterocycles. The quantitative estimate of drug-likeness (QED) is 0.554. The van der Waals surface area contributed by atoms with Gasteiger partial charge in [0.15, 0.2) is 0 Å². The Hall–Kier alpha value is -0.0800. The third kappa shape index (κ3) is 1.94. The second-order valence-electron chi connectivity index (χ2n) is 4.96. The Morgan fingerprint density at radius 1 is 1.27 bits per heavy atom. The third-order valence-electron chi connectivity index (χ3n) is 2.89. The molecule has 0 amide bonds. The Labute approximate surface area is 69.3 Å². The van der Waals surface area contributed by atoms with Crippen molar-refractivity contribution in [3.05, 3.63) is 0 Å². The molecule has 1 saturated carbocycles. The van der Waals surface area contributed by atoms with E-state index in [9.17, 15) is 0 Å². The van der Waals surface area contributed by atoms with E-state index in [2.05, 4.69) is 20.8 Å². The molecule has 2 atom stereocenters. The van der Waals surface area contributed by atoms with Crippen molar-refractivity contribution in [1.29, 1.82) is 0 Å². The summed E-state index contributed by atoms with van der Waals surface area (Å²) in [6.45, 7) is 6.55. The van der Waals surface area contributed by atoms with Crippen molar-refractivity contribution in [3.8, 4) is 0 Å². The Kier molecular flexibility index (Phi) is 2.01. The molecular weight excluding hydrogens is 136 g/mol. The highest BCUT2D eigenvalue weighted by molar-refractivity contribution is 4.97. The van der Waals surface area contributed by atoms with Crippen LogP contribution >= 0.6 is 0 Å². The molecule has 4 N–H and O–H groups in total. The van der Waals surface area contributed by atoms with Crippen LogP contribution in [-0.4, -0.2) is 11.6 Å². The lowest BCUT2D eigenvalue weighted by Gasteiger charge is -2.44. The van der Waals surface area contributed by atoms with Crippen molar-refractivity contribution in [2.75, 3.05) is 0 Å². The van der Waals surface area contributed by atoms with Crippen LogP contribution in [0.1, 0.15) is 40.0 Å². The van der Waals surface area contributed by atoms with E-state index >= 15 is 0 Å². The van der Waals surface area contributed by atoms with Gasteiger partial charge in [0.2, 0.25) is 0 Å². The van der Waals surface area contributed by atoms with E-state index in [1.54, 1.807) is 0 Å². The SMILES string of the molecule is CC1(N)CCC(N)C(C)(C)C1. The van der Waals surface area contributed by atoms with E-state index in [0.29, 0.717) is 6.04 Å². The molecular formula is C9H20N2. The molecule has 1 aliphatic rings. The normalized spacial score (nSPS) is 43.9. The highest BCUT2D eigenvalue weighted by atomic mass is 14.8. The lowest BCUT2D eigenvalue weighted by atomic mass is 9.66. The third-order valence-corrected chi connectivity index (χ3v) is 2.89. The van der Waals surface area contributed by atoms with E-state index in [-0.39, 0.29) is 11.0 Å². The standard InChI is InChI=1S/C9H20N2/c1-8(2)6-9(3,11)5-4-7(8)10/h7H,4-6,10-11H2,1-3H3. The van der Waals surface area contributed by atoms with Gasteiger partial charge in [0.05, 0.1) is 0 Å². The molecule has 2 heteroatoms. The summed E-state index contributed by atoms with van der Waals surface area (Å²) >= 11 is 0. The second kappa shape index (κ2) is 2.46. The number of hydrogen-bond acceptors (Lipinski definition) is 2. The van der Waals surface area contributed by atoms with E-state index < -0.39 is 0 Å². The molecule has 2 nitrogen and oxygen atoms in total. The van der Waals surface area contributed by atoms with Crippen LogP contribution < -0.4 is 11.5 Å². The fraction of sp³-hybridized carbons (Fsp3) is 1.00. The highest BCUT2D eigenvalue weighted by Crippen LogP contribution is 2.38. The second-order valence-corrected chi connectivity index (χ2v) is 4.96. The fourth-order valence-corrected chi connectivity index (χ4v) is 2.14. The molecule has 0 aromatic heterocycles. The molecule has 0 aromatic carbocycles. The first-order valence-corrected chi connectivity index (χ1v) is 4.38. The molecule has 0 saturated heterocycles. The van der Waals surface area contributed by atoms with Crippen LogP contribution in [0.4, 0.5) is 0 Å². The minimum Gasteiger partial charge on any atom is -0.327 e. The lowest BCUT2D eigenvalue weighted by Crippen LogP contribution is -2.52. The Morgan fingerprint density at radius 2 is 1.82 bits per heavy atom. The van der Waals surface area contributed by atoms with Gasteiger partial charge in [-0.1, -0.05) is 13.8 Å². The Bertz CT molecular complexity index is 150. The minimum atomic E-state index is 0.0133. The van der Waals surface area contributed by atoms with Gasteiger partial charge in [0.1, 0.15) is 0 Å². The predicted molar refractivity (Wildman–Crippen MR) is 48.2 cm³/mol. The van der Waals surface area contributed by atoms with Crippen molar-refractivity contribution in [2.24, 2.45) is 16.9 Å². The predicted octanol–water partition coefficient (Wildman–Crippen LogP) is 1.24. The summed E-state index contributed by atoms with van der Waals surface area (Å²) in [7, 11) is 0. The van der Waals surface area contributed by atoms with Crippen LogP contribution in [0.15, 0.2) is 0 Å². The first kappa shape index (κ1) is 9.01. The van der Waals surface area contributed by atoms with Crippen LogP contribution in [-0.2, 0) is 0 Å². The van der Waals surface area contributed by atoms with Gasteiger partial charge in [-0.05, 0) is 31.6 Å². The molecule has 0 aliphatic heterocycles. The van der Waals surface area contributed by atoms with E-state index in [0.717, 1.165) is 19.3 Å². The molecule has 1 rings (SSSR count). The molecule has 66 valence electrons. The smallest absolute Gasteiger partial charge is 0.0132 e. The summed E-state index contributed by atoms with van der Waals surface area (Å²) in [5.74, 6) is 0. The van der Waals surface area contributed by atoms with Crippen molar-refractivity contribution < 1.29 is 0 Å². The molecule has 1 fully saturated rings. The van der Waals surface area contributed by atoms with Gasteiger partial charge < -0.3 is 11.5 Å². The van der Waals surface area contributed by atoms with E-state index in [1.165, 1.54) is 0 Å². The maximum absolute atomic E-state index is 6.06. The van der Waals surface area contributed by atoms with Gasteiger partial charge in [-0.25, -0.2) is 0 Å². The van der Waals surface area contributed by atoms with Crippen molar-refractivity contribution in [1.82, 2.24) is 0 Å². The lowest BCUT2D eigenvalue weighted by molar-refractivity contribution is 0.134. The number of nitrogens with two attached hydrogens (primary N) is 2. The van der Waals surface area contributed by atoms with Crippen LogP contribution in [0, 0.1) is 5.41 Å². The van der Waals surface area contributed by atoms with Crippen molar-refractivity contribution in [3.63, 3.8) is 0 Å². The Morgan fingerprint density at radius 3 is 2.18 bits per heavy atom. The molecule has 0 bridgehead atoms. The zero-order valence-corrected chi connectivity index (χ0v) is 7.85. The average Bonchev–Trinajstić information content (AvgIpc) is 1.77. The van der Waals surface area contributed by atoms with E-state index in [1.807, 2.05) is 0 Å². The molecule has 0 radical (unpaired) electrons. The summed E-state index contributed by atoms with van der Waals surface area (Å²) < 4.78 is 0. The van der Waals surface area contributed by atoms with Crippen molar-refractivity contribution in [2.45, 2.75) is 51.6 Å². The van der Waals surface area contributed by atoms with Gasteiger partial charge in [0.25, 0.3) is 0 Å². The van der Waals surface area contributed by atoms with Crippen LogP contribution in [0.5, 0.6) is 0 Å². The van der Waals surface area contributed by atoms with Gasteiger partial charge in [-0.3, -0.25) is 0 Å². The Balaban J connectivity index is 2.67. The summed E-state index contributed by atoms with van der Waals surface area (Å²) in [5.41, 5.74) is 12.3. The number of hydrogen-bond donors (Lipinski definition) is 2. The molecule has 1 aliphatic carbocycles. The zero-order valence-electron chi connectivity index (χ0n) is 7.85. The van der Waals surface area contributed by atoms with Crippen LogP contribution in [0.25, 0.3) is 0 Å². The average molecular weight is 156 g/mol. The van der Waals surface area contributed by atoms with Crippen LogP contribution in [0.3, 0.4) is 0 Å². The van der Waals surface area contributed by atoms with Gasteiger partial charge in [0, 0.05) is 11.6 Å². The van der Waals surface area contributed by atoms with Gasteiger partial charge >= 0.3 is 0 Å². The first-order chi connectivity index (χ1) is 4.83. The van der Waals surface area contributed by atoms with Gasteiger partial charge in [-0.15, -0.1) is 0 Å². The van der Waals surface area contributed by atoms with Crippen molar-refractivity contribution >= 4 is 0 Å². The number of rotatable bonds is 0. The topological polar surface area (TPSA) is 52.0 Å². The summed E-state index contributed by atoms with van der Waals surface area (Å²) in [6.07, 6.45) is 3.18. The fourth-order valence-electron chi connectivity index (χ4n) is 2.14. The molecule has 0 spiro atoms. The summed E-state index contributed by atoms with van der Waals surface area (Å²) in [5, 5.41) is 0. The maximum Gasteiger partial charge on any atom is 0.0132 e. The van der Waals surface area contributed by atoms with Crippen LogP contribution in [0.2, 0.25) is 0 Å². The van der Waals surface area contributed by atoms with Gasteiger partial charge in [-0.2, -0.15) is 0 Å². The summed E-state index contributed by atoms with van der Waals surface area (Å²) in [4.78, 5) is 0. The molecule has 0 aromatic rings. The minimum absolute atomic E-state index is 0.0133. The van der Waals surface area contributed by atoms with E-state index in [4.69, 9.17) is 11.5 Å². The monoisotopic (exact) mass is 156 g/mol.